The van der Waals surface area contributed by atoms with E-state index in [0.717, 1.165) is 39.4 Å². The fourth-order valence-electron chi connectivity index (χ4n) is 2.34. The first kappa shape index (κ1) is 11.7. The Morgan fingerprint density at radius 2 is 1.95 bits per heavy atom. The van der Waals surface area contributed by atoms with E-state index in [1.807, 2.05) is 45.3 Å². The number of nitrogen functional groups attached to an aromatic ring is 1. The van der Waals surface area contributed by atoms with Crippen LogP contribution in [0.25, 0.3) is 22.2 Å². The first-order valence-electron chi connectivity index (χ1n) is 6.22. The molecule has 0 aliphatic rings. The number of hydrogen-bond donors (Lipinski definition) is 1. The predicted octanol–water partition coefficient (Wildman–Crippen LogP) is 2.83. The van der Waals surface area contributed by atoms with E-state index in [4.69, 9.17) is 5.73 Å². The van der Waals surface area contributed by atoms with Gasteiger partial charge in [-0.1, -0.05) is 0 Å². The van der Waals surface area contributed by atoms with Crippen LogP contribution in [0.4, 0.5) is 5.69 Å². The molecule has 0 fully saturated rings. The van der Waals surface area contributed by atoms with Gasteiger partial charge in [-0.25, -0.2) is 4.98 Å². The monoisotopic (exact) mass is 252 g/mol. The lowest BCUT2D eigenvalue weighted by Gasteiger charge is -2.07. The van der Waals surface area contributed by atoms with Gasteiger partial charge in [0.15, 0.2) is 0 Å². The summed E-state index contributed by atoms with van der Waals surface area (Å²) in [6, 6.07) is 8.06. The van der Waals surface area contributed by atoms with Crippen LogP contribution in [0.1, 0.15) is 11.5 Å². The fourth-order valence-corrected chi connectivity index (χ4v) is 2.34. The number of pyridine rings is 1. The number of aromatic nitrogens is 3. The maximum absolute atomic E-state index is 6.16. The molecule has 2 N–H and O–H groups in total. The van der Waals surface area contributed by atoms with Gasteiger partial charge >= 0.3 is 0 Å². The molecule has 0 amide bonds. The Bertz CT molecular complexity index is 771. The van der Waals surface area contributed by atoms with Crippen LogP contribution in [0, 0.1) is 13.8 Å². The number of rotatable bonds is 1. The van der Waals surface area contributed by atoms with E-state index >= 15 is 0 Å². The summed E-state index contributed by atoms with van der Waals surface area (Å²) in [5.41, 5.74) is 12.0. The fraction of sp³-hybridized carbons (Fsp3) is 0.200. The third kappa shape index (κ3) is 1.85. The van der Waals surface area contributed by atoms with Crippen LogP contribution in [0.15, 0.2) is 30.5 Å². The molecule has 0 unspecified atom stereocenters. The minimum Gasteiger partial charge on any atom is -0.398 e. The van der Waals surface area contributed by atoms with Crippen molar-refractivity contribution in [3.63, 3.8) is 0 Å². The summed E-state index contributed by atoms with van der Waals surface area (Å²) in [4.78, 5) is 8.72. The van der Waals surface area contributed by atoms with Crippen LogP contribution in [-0.2, 0) is 7.05 Å². The van der Waals surface area contributed by atoms with E-state index in [1.165, 1.54) is 0 Å². The van der Waals surface area contributed by atoms with Crippen molar-refractivity contribution in [2.75, 3.05) is 5.73 Å². The van der Waals surface area contributed by atoms with Crippen molar-refractivity contribution in [2.24, 2.45) is 7.05 Å². The van der Waals surface area contributed by atoms with Crippen molar-refractivity contribution in [3.05, 3.63) is 42.0 Å². The van der Waals surface area contributed by atoms with Crippen LogP contribution in [-0.4, -0.2) is 14.5 Å². The molecule has 0 aliphatic carbocycles. The predicted molar refractivity (Wildman–Crippen MR) is 77.8 cm³/mol. The highest BCUT2D eigenvalue weighted by Gasteiger charge is 2.10. The molecular formula is C15H16N4. The Morgan fingerprint density at radius 3 is 2.68 bits per heavy atom. The standard InChI is InChI=1S/C15H16N4/c1-9-6-11(4-5-17-9)12-7-15-14(8-13(12)16)18-10(2)19(15)3/h4-8H,16H2,1-3H3. The Labute approximate surface area is 111 Å². The topological polar surface area (TPSA) is 56.7 Å². The SMILES string of the molecule is Cc1cc(-c2cc3c(cc2N)nc(C)n3C)ccn1. The van der Waals surface area contributed by atoms with Gasteiger partial charge in [0, 0.05) is 30.2 Å². The molecule has 0 aliphatic heterocycles. The first-order chi connectivity index (χ1) is 9.06. The number of nitrogens with two attached hydrogens (primary N) is 1. The summed E-state index contributed by atoms with van der Waals surface area (Å²) in [7, 11) is 2.02. The van der Waals surface area contributed by atoms with E-state index in [0.29, 0.717) is 0 Å². The summed E-state index contributed by atoms with van der Waals surface area (Å²) in [5, 5.41) is 0. The molecule has 2 heterocycles. The van der Waals surface area contributed by atoms with Gasteiger partial charge in [-0.05, 0) is 43.7 Å². The second-order valence-corrected chi connectivity index (χ2v) is 4.83. The van der Waals surface area contributed by atoms with Crippen LogP contribution in [0.5, 0.6) is 0 Å². The Kier molecular flexibility index (Phi) is 2.52. The summed E-state index contributed by atoms with van der Waals surface area (Å²) < 4.78 is 2.08. The van der Waals surface area contributed by atoms with E-state index in [2.05, 4.69) is 20.6 Å². The molecule has 3 rings (SSSR count). The second-order valence-electron chi connectivity index (χ2n) is 4.83. The average Bonchev–Trinajstić information content (AvgIpc) is 2.63. The smallest absolute Gasteiger partial charge is 0.106 e. The highest BCUT2D eigenvalue weighted by atomic mass is 15.0. The van der Waals surface area contributed by atoms with Crippen LogP contribution in [0.3, 0.4) is 0 Å². The van der Waals surface area contributed by atoms with Crippen LogP contribution in [0.2, 0.25) is 0 Å². The minimum absolute atomic E-state index is 0.746. The van der Waals surface area contributed by atoms with Gasteiger partial charge in [0.25, 0.3) is 0 Å². The van der Waals surface area contributed by atoms with Crippen LogP contribution >= 0.6 is 0 Å². The molecule has 0 spiro atoms. The summed E-state index contributed by atoms with van der Waals surface area (Å²) >= 11 is 0. The number of fused-ring (bicyclic) bond motifs is 1. The maximum Gasteiger partial charge on any atom is 0.106 e. The molecule has 4 nitrogen and oxygen atoms in total. The number of nitrogens with zero attached hydrogens (tertiary/aromatic N) is 3. The van der Waals surface area contributed by atoms with Gasteiger partial charge in [0.2, 0.25) is 0 Å². The molecule has 0 saturated heterocycles. The molecule has 0 bridgehead atoms. The van der Waals surface area contributed by atoms with Crippen molar-refractivity contribution >= 4 is 16.7 Å². The van der Waals surface area contributed by atoms with Crippen molar-refractivity contribution in [1.29, 1.82) is 0 Å². The summed E-state index contributed by atoms with van der Waals surface area (Å²) in [6.45, 7) is 3.97. The molecule has 0 saturated carbocycles. The lowest BCUT2D eigenvalue weighted by Crippen LogP contribution is -1.94. The van der Waals surface area contributed by atoms with Crippen LogP contribution < -0.4 is 5.73 Å². The molecule has 4 heteroatoms. The van der Waals surface area contributed by atoms with Crippen molar-refractivity contribution < 1.29 is 0 Å². The number of benzene rings is 1. The van der Waals surface area contributed by atoms with Crippen molar-refractivity contribution in [1.82, 2.24) is 14.5 Å². The molecular weight excluding hydrogens is 236 g/mol. The van der Waals surface area contributed by atoms with Gasteiger partial charge in [0.1, 0.15) is 5.82 Å². The average molecular weight is 252 g/mol. The first-order valence-corrected chi connectivity index (χ1v) is 6.22. The Hall–Kier alpha value is -2.36. The van der Waals surface area contributed by atoms with Gasteiger partial charge in [-0.2, -0.15) is 0 Å². The zero-order chi connectivity index (χ0) is 13.6. The van der Waals surface area contributed by atoms with Gasteiger partial charge in [-0.3, -0.25) is 4.98 Å². The van der Waals surface area contributed by atoms with Gasteiger partial charge in [-0.15, -0.1) is 0 Å². The van der Waals surface area contributed by atoms with Crippen molar-refractivity contribution in [3.8, 4) is 11.1 Å². The maximum atomic E-state index is 6.16. The zero-order valence-corrected chi connectivity index (χ0v) is 11.3. The summed E-state index contributed by atoms with van der Waals surface area (Å²) in [6.07, 6.45) is 1.81. The molecule has 2 aromatic heterocycles. The molecule has 19 heavy (non-hydrogen) atoms. The quantitative estimate of drug-likeness (QED) is 0.677. The lowest BCUT2D eigenvalue weighted by molar-refractivity contribution is 0.886. The zero-order valence-electron chi connectivity index (χ0n) is 11.3. The van der Waals surface area contributed by atoms with E-state index in [1.54, 1.807) is 0 Å². The lowest BCUT2D eigenvalue weighted by atomic mass is 10.0. The van der Waals surface area contributed by atoms with E-state index in [-0.39, 0.29) is 0 Å². The van der Waals surface area contributed by atoms with Gasteiger partial charge < -0.3 is 10.3 Å². The van der Waals surface area contributed by atoms with Gasteiger partial charge in [0.05, 0.1) is 11.0 Å². The molecule has 1 aromatic carbocycles. The van der Waals surface area contributed by atoms with E-state index in [9.17, 15) is 0 Å². The number of imidazole rings is 1. The third-order valence-corrected chi connectivity index (χ3v) is 3.48. The molecule has 3 aromatic rings. The second kappa shape index (κ2) is 4.09. The third-order valence-electron chi connectivity index (χ3n) is 3.48. The Morgan fingerprint density at radius 1 is 1.16 bits per heavy atom. The molecule has 0 radical (unpaired) electrons. The highest BCUT2D eigenvalue weighted by Crippen LogP contribution is 2.30. The number of aryl methyl sites for hydroxylation is 3. The van der Waals surface area contributed by atoms with E-state index < -0.39 is 0 Å². The number of anilines is 1. The summed E-state index contributed by atoms with van der Waals surface area (Å²) in [5.74, 6) is 0.984. The van der Waals surface area contributed by atoms with Crippen molar-refractivity contribution in [2.45, 2.75) is 13.8 Å². The number of hydrogen-bond acceptors (Lipinski definition) is 3. The Balaban J connectivity index is 2.29. The molecule has 96 valence electrons. The molecule has 0 atom stereocenters. The normalized spacial score (nSPS) is 11.1. The largest absolute Gasteiger partial charge is 0.398 e. The minimum atomic E-state index is 0.746. The highest BCUT2D eigenvalue weighted by molar-refractivity contribution is 5.90.